The van der Waals surface area contributed by atoms with Crippen LogP contribution >= 0.6 is 0 Å². The molecule has 1 heterocycles. The lowest BCUT2D eigenvalue weighted by atomic mass is 9.90. The van der Waals surface area contributed by atoms with Gasteiger partial charge in [0.2, 0.25) is 0 Å². The average Bonchev–Trinajstić information content (AvgIpc) is 3.31. The van der Waals surface area contributed by atoms with E-state index in [0.717, 1.165) is 37.6 Å². The van der Waals surface area contributed by atoms with Gasteiger partial charge in [-0.25, -0.2) is 0 Å². The van der Waals surface area contributed by atoms with Crippen LogP contribution in [0.25, 0.3) is 0 Å². The highest BCUT2D eigenvalue weighted by atomic mass is 19.4. The van der Waals surface area contributed by atoms with Gasteiger partial charge in [-0.3, -0.25) is 4.90 Å². The Morgan fingerprint density at radius 1 is 1.10 bits per heavy atom. The molecule has 162 valence electrons. The van der Waals surface area contributed by atoms with Crippen LogP contribution < -0.4 is 4.90 Å². The first-order valence-corrected chi connectivity index (χ1v) is 10.8. The molecule has 4 atom stereocenters. The van der Waals surface area contributed by atoms with Crippen LogP contribution in [0.1, 0.15) is 31.2 Å². The molecule has 1 aromatic rings. The molecule has 0 aromatic heterocycles. The number of aliphatic hydroxyl groups is 1. The largest absolute Gasteiger partial charge is 0.416 e. The van der Waals surface area contributed by atoms with Crippen molar-refractivity contribution in [1.82, 2.24) is 4.90 Å². The van der Waals surface area contributed by atoms with Crippen LogP contribution in [0, 0.1) is 17.8 Å². The Kier molecular flexibility index (Phi) is 6.37. The fourth-order valence-corrected chi connectivity index (χ4v) is 5.35. The maximum Gasteiger partial charge on any atom is 0.416 e. The van der Waals surface area contributed by atoms with Crippen molar-refractivity contribution in [2.45, 2.75) is 38.0 Å². The average molecular weight is 412 g/mol. The van der Waals surface area contributed by atoms with Gasteiger partial charge in [-0.15, -0.1) is 0 Å². The molecular formula is C22H31F3N2O2. The lowest BCUT2D eigenvalue weighted by Gasteiger charge is -2.37. The van der Waals surface area contributed by atoms with E-state index < -0.39 is 17.8 Å². The number of aliphatic hydroxyl groups excluding tert-OH is 1. The molecule has 1 saturated heterocycles. The zero-order valence-electron chi connectivity index (χ0n) is 16.8. The molecule has 1 aromatic carbocycles. The van der Waals surface area contributed by atoms with Crippen molar-refractivity contribution in [3.63, 3.8) is 0 Å². The first kappa shape index (κ1) is 20.9. The van der Waals surface area contributed by atoms with E-state index in [2.05, 4.69) is 4.90 Å². The number of piperazine rings is 1. The Morgan fingerprint density at radius 3 is 2.55 bits per heavy atom. The molecule has 4 rings (SSSR count). The number of anilines is 1. The number of β-amino-alcohol motifs (C(OH)–C–C–N with tert-alkyl or cyclic N) is 1. The van der Waals surface area contributed by atoms with Gasteiger partial charge in [-0.2, -0.15) is 13.2 Å². The zero-order valence-corrected chi connectivity index (χ0v) is 16.8. The summed E-state index contributed by atoms with van der Waals surface area (Å²) in [5, 5.41) is 10.3. The number of hydrogen-bond donors (Lipinski definition) is 1. The van der Waals surface area contributed by atoms with Crippen LogP contribution in [-0.2, 0) is 10.9 Å². The summed E-state index contributed by atoms with van der Waals surface area (Å²) < 4.78 is 44.6. The lowest BCUT2D eigenvalue weighted by molar-refractivity contribution is -0.137. The Hall–Kier alpha value is -1.31. The van der Waals surface area contributed by atoms with Crippen molar-refractivity contribution in [2.24, 2.45) is 17.8 Å². The third-order valence-corrected chi connectivity index (χ3v) is 6.91. The van der Waals surface area contributed by atoms with Gasteiger partial charge in [0.15, 0.2) is 0 Å². The number of ether oxygens (including phenoxy) is 1. The van der Waals surface area contributed by atoms with E-state index in [4.69, 9.17) is 4.74 Å². The molecule has 29 heavy (non-hydrogen) atoms. The quantitative estimate of drug-likeness (QED) is 0.742. The molecule has 0 radical (unpaired) electrons. The van der Waals surface area contributed by atoms with Crippen molar-refractivity contribution in [2.75, 3.05) is 50.8 Å². The van der Waals surface area contributed by atoms with E-state index in [-0.39, 0.29) is 0 Å². The third kappa shape index (κ3) is 5.25. The number of nitrogens with zero attached hydrogens (tertiary/aromatic N) is 2. The molecular weight excluding hydrogens is 381 g/mol. The van der Waals surface area contributed by atoms with Crippen molar-refractivity contribution < 1.29 is 23.0 Å². The van der Waals surface area contributed by atoms with Crippen molar-refractivity contribution in [3.8, 4) is 0 Å². The highest BCUT2D eigenvalue weighted by molar-refractivity contribution is 5.49. The molecule has 3 fully saturated rings. The first-order valence-electron chi connectivity index (χ1n) is 10.8. The van der Waals surface area contributed by atoms with Gasteiger partial charge in [0, 0.05) is 45.0 Å². The van der Waals surface area contributed by atoms with Crippen LogP contribution in [0.3, 0.4) is 0 Å². The lowest BCUT2D eigenvalue weighted by Crippen LogP contribution is -2.49. The van der Waals surface area contributed by atoms with E-state index in [1.165, 1.54) is 37.8 Å². The van der Waals surface area contributed by atoms with Gasteiger partial charge in [0.25, 0.3) is 0 Å². The Morgan fingerprint density at radius 2 is 1.90 bits per heavy atom. The van der Waals surface area contributed by atoms with E-state index in [1.807, 2.05) is 4.90 Å². The zero-order chi connectivity index (χ0) is 20.4. The Balaban J connectivity index is 1.17. The van der Waals surface area contributed by atoms with Gasteiger partial charge in [-0.05, 0) is 55.2 Å². The van der Waals surface area contributed by atoms with E-state index in [9.17, 15) is 18.3 Å². The minimum absolute atomic E-state index is 0.363. The highest BCUT2D eigenvalue weighted by Crippen LogP contribution is 2.48. The van der Waals surface area contributed by atoms with Gasteiger partial charge < -0.3 is 14.7 Å². The number of rotatable bonds is 7. The third-order valence-electron chi connectivity index (χ3n) is 6.91. The Bertz CT molecular complexity index is 676. The molecule has 2 bridgehead atoms. The smallest absolute Gasteiger partial charge is 0.389 e. The van der Waals surface area contributed by atoms with Crippen LogP contribution in [0.5, 0.6) is 0 Å². The monoisotopic (exact) mass is 412 g/mol. The summed E-state index contributed by atoms with van der Waals surface area (Å²) in [7, 11) is 0. The summed E-state index contributed by atoms with van der Waals surface area (Å²) in [5.41, 5.74) is -0.00490. The van der Waals surface area contributed by atoms with Crippen molar-refractivity contribution in [1.29, 1.82) is 0 Å². The van der Waals surface area contributed by atoms with E-state index >= 15 is 0 Å². The summed E-state index contributed by atoms with van der Waals surface area (Å²) in [5.74, 6) is 2.42. The SMILES string of the molecule is O[C@@H](COC[C@@H]1C[C@H]2CC[C@H]1C2)CN1CCN(c2cccc(C(F)(F)F)c2)CC1. The topological polar surface area (TPSA) is 35.9 Å². The van der Waals surface area contributed by atoms with Crippen molar-refractivity contribution in [3.05, 3.63) is 29.8 Å². The minimum Gasteiger partial charge on any atom is -0.389 e. The van der Waals surface area contributed by atoms with Crippen LogP contribution in [0.4, 0.5) is 18.9 Å². The molecule has 7 heteroatoms. The maximum absolute atomic E-state index is 12.9. The van der Waals surface area contributed by atoms with Gasteiger partial charge >= 0.3 is 6.18 Å². The summed E-state index contributed by atoms with van der Waals surface area (Å²) in [4.78, 5) is 4.14. The van der Waals surface area contributed by atoms with Gasteiger partial charge in [0.1, 0.15) is 0 Å². The van der Waals surface area contributed by atoms with E-state index in [0.29, 0.717) is 37.8 Å². The molecule has 2 saturated carbocycles. The van der Waals surface area contributed by atoms with Crippen molar-refractivity contribution >= 4 is 5.69 Å². The predicted molar refractivity (Wildman–Crippen MR) is 106 cm³/mol. The molecule has 0 amide bonds. The molecule has 0 spiro atoms. The fraction of sp³-hybridized carbons (Fsp3) is 0.727. The first-order chi connectivity index (χ1) is 13.9. The molecule has 0 unspecified atom stereocenters. The summed E-state index contributed by atoms with van der Waals surface area (Å²) in [6.45, 7) is 4.43. The number of hydrogen-bond acceptors (Lipinski definition) is 4. The molecule has 1 N–H and O–H groups in total. The maximum atomic E-state index is 12.9. The number of benzene rings is 1. The summed E-state index contributed by atoms with van der Waals surface area (Å²) in [6, 6.07) is 5.51. The molecule has 2 aliphatic carbocycles. The highest BCUT2D eigenvalue weighted by Gasteiger charge is 2.39. The Labute approximate surface area is 170 Å². The summed E-state index contributed by atoms with van der Waals surface area (Å²) >= 11 is 0. The summed E-state index contributed by atoms with van der Waals surface area (Å²) in [6.07, 6.45) is 0.548. The standard InChI is InChI=1S/C22H31F3N2O2/c23-22(24,25)19-2-1-3-20(12-19)27-8-6-26(7-9-27)13-21(28)15-29-14-18-11-16-4-5-17(18)10-16/h1-3,12,16-18,21,28H,4-11,13-15H2/t16-,17-,18-,21+/m0/s1. The van der Waals surface area contributed by atoms with Gasteiger partial charge in [-0.1, -0.05) is 12.5 Å². The van der Waals surface area contributed by atoms with Crippen LogP contribution in [0.2, 0.25) is 0 Å². The predicted octanol–water partition coefficient (Wildman–Crippen LogP) is 3.64. The molecule has 4 nitrogen and oxygen atoms in total. The molecule has 1 aliphatic heterocycles. The number of halogens is 3. The van der Waals surface area contributed by atoms with Gasteiger partial charge in [0.05, 0.1) is 18.3 Å². The van der Waals surface area contributed by atoms with Crippen LogP contribution in [0.15, 0.2) is 24.3 Å². The molecule has 3 aliphatic rings. The second kappa shape index (κ2) is 8.82. The fourth-order valence-electron chi connectivity index (χ4n) is 5.35. The van der Waals surface area contributed by atoms with Crippen LogP contribution in [-0.4, -0.2) is 62.0 Å². The second-order valence-corrected chi connectivity index (χ2v) is 8.96. The normalized spacial score (nSPS) is 28.8. The second-order valence-electron chi connectivity index (χ2n) is 8.96. The van der Waals surface area contributed by atoms with E-state index in [1.54, 1.807) is 6.07 Å². The number of fused-ring (bicyclic) bond motifs is 2. The minimum atomic E-state index is -4.32. The number of alkyl halides is 3.